The number of hydrazine groups is 1. The van der Waals surface area contributed by atoms with E-state index in [1.54, 1.807) is 6.07 Å². The van der Waals surface area contributed by atoms with Crippen molar-refractivity contribution in [2.45, 2.75) is 33.1 Å². The zero-order chi connectivity index (χ0) is 16.4. The lowest BCUT2D eigenvalue weighted by atomic mass is 10.2. The summed E-state index contributed by atoms with van der Waals surface area (Å²) in [5.41, 5.74) is 5.77. The highest BCUT2D eigenvalue weighted by atomic mass is 32.1. The fourth-order valence-corrected chi connectivity index (χ4v) is 1.75. The van der Waals surface area contributed by atoms with Crippen LogP contribution < -0.4 is 20.9 Å². The maximum absolute atomic E-state index is 11.6. The first-order chi connectivity index (χ1) is 10.5. The maximum Gasteiger partial charge on any atom is 0.276 e. The third-order valence-corrected chi connectivity index (χ3v) is 2.98. The molecule has 0 heterocycles. The predicted octanol–water partition coefficient (Wildman–Crippen LogP) is 1.59. The standard InChI is InChI=1S/C15H21N3O3S/c1-3-4-9-13(19)16-15(22)18-17-14(20)10-21-12-8-6-5-7-11(12)2/h5-8H,3-4,9-10H2,1-2H3,(H,17,20)(H2,16,18,19,22). The van der Waals surface area contributed by atoms with Crippen LogP contribution >= 0.6 is 12.2 Å². The zero-order valence-corrected chi connectivity index (χ0v) is 13.6. The molecule has 3 N–H and O–H groups in total. The summed E-state index contributed by atoms with van der Waals surface area (Å²) in [7, 11) is 0. The fourth-order valence-electron chi connectivity index (χ4n) is 1.58. The average Bonchev–Trinajstić information content (AvgIpc) is 2.50. The van der Waals surface area contributed by atoms with Crippen molar-refractivity contribution in [3.63, 3.8) is 0 Å². The van der Waals surface area contributed by atoms with E-state index in [9.17, 15) is 9.59 Å². The number of nitrogens with one attached hydrogen (secondary N) is 3. The molecule has 1 rings (SSSR count). The molecule has 6 nitrogen and oxygen atoms in total. The molecule has 0 saturated carbocycles. The third kappa shape index (κ3) is 7.03. The molecule has 0 aliphatic heterocycles. The first kappa shape index (κ1) is 17.9. The first-order valence-corrected chi connectivity index (χ1v) is 7.50. The largest absolute Gasteiger partial charge is 0.483 e. The lowest BCUT2D eigenvalue weighted by Gasteiger charge is -2.12. The summed E-state index contributed by atoms with van der Waals surface area (Å²) >= 11 is 4.90. The predicted molar refractivity (Wildman–Crippen MR) is 88.2 cm³/mol. The minimum atomic E-state index is -0.395. The van der Waals surface area contributed by atoms with Gasteiger partial charge in [-0.2, -0.15) is 0 Å². The van der Waals surface area contributed by atoms with Crippen molar-refractivity contribution in [1.82, 2.24) is 16.2 Å². The molecule has 0 spiro atoms. The maximum atomic E-state index is 11.6. The van der Waals surface area contributed by atoms with Crippen LogP contribution in [0.1, 0.15) is 31.7 Å². The summed E-state index contributed by atoms with van der Waals surface area (Å²) in [6.45, 7) is 3.75. The summed E-state index contributed by atoms with van der Waals surface area (Å²) in [5, 5.41) is 2.54. The molecule has 0 saturated heterocycles. The molecule has 0 atom stereocenters. The van der Waals surface area contributed by atoms with E-state index in [0.29, 0.717) is 12.2 Å². The quantitative estimate of drug-likeness (QED) is 0.547. The van der Waals surface area contributed by atoms with Crippen LogP contribution in [0.5, 0.6) is 5.75 Å². The second kappa shape index (κ2) is 9.73. The number of carbonyl (C=O) groups is 2. The Morgan fingerprint density at radius 3 is 2.59 bits per heavy atom. The number of amides is 2. The molecular formula is C15H21N3O3S. The Kier molecular flexibility index (Phi) is 7.91. The number of hydrogen-bond acceptors (Lipinski definition) is 4. The van der Waals surface area contributed by atoms with Crippen LogP contribution in [0.25, 0.3) is 0 Å². The van der Waals surface area contributed by atoms with Crippen LogP contribution in [-0.4, -0.2) is 23.5 Å². The van der Waals surface area contributed by atoms with Crippen molar-refractivity contribution in [2.75, 3.05) is 6.61 Å². The van der Waals surface area contributed by atoms with Gasteiger partial charge in [0.2, 0.25) is 5.91 Å². The Morgan fingerprint density at radius 2 is 1.91 bits per heavy atom. The highest BCUT2D eigenvalue weighted by molar-refractivity contribution is 7.80. The Hall–Kier alpha value is -2.15. The highest BCUT2D eigenvalue weighted by Crippen LogP contribution is 2.15. The Balaban J connectivity index is 2.24. The molecule has 22 heavy (non-hydrogen) atoms. The number of benzene rings is 1. The Labute approximate surface area is 135 Å². The number of ether oxygens (including phenoxy) is 1. The van der Waals surface area contributed by atoms with E-state index in [-0.39, 0.29) is 17.6 Å². The summed E-state index contributed by atoms with van der Waals surface area (Å²) in [4.78, 5) is 23.0. The first-order valence-electron chi connectivity index (χ1n) is 7.10. The van der Waals surface area contributed by atoms with Crippen molar-refractivity contribution in [1.29, 1.82) is 0 Å². The van der Waals surface area contributed by atoms with Crippen LogP contribution in [0.4, 0.5) is 0 Å². The Morgan fingerprint density at radius 1 is 1.18 bits per heavy atom. The van der Waals surface area contributed by atoms with Gasteiger partial charge in [-0.05, 0) is 37.2 Å². The van der Waals surface area contributed by atoms with E-state index in [1.807, 2.05) is 32.0 Å². The lowest BCUT2D eigenvalue weighted by Crippen LogP contribution is -2.49. The van der Waals surface area contributed by atoms with Crippen LogP contribution in [-0.2, 0) is 9.59 Å². The number of aryl methyl sites for hydroxylation is 1. The van der Waals surface area contributed by atoms with Crippen LogP contribution in [0.3, 0.4) is 0 Å². The molecule has 0 radical (unpaired) electrons. The van der Waals surface area contributed by atoms with E-state index in [1.165, 1.54) is 0 Å². The normalized spacial score (nSPS) is 9.73. The smallest absolute Gasteiger partial charge is 0.276 e. The van der Waals surface area contributed by atoms with Crippen molar-refractivity contribution in [3.8, 4) is 5.75 Å². The average molecular weight is 323 g/mol. The fraction of sp³-hybridized carbons (Fsp3) is 0.400. The molecule has 1 aromatic rings. The molecule has 120 valence electrons. The van der Waals surface area contributed by atoms with Gasteiger partial charge in [-0.25, -0.2) is 0 Å². The van der Waals surface area contributed by atoms with Crippen LogP contribution in [0, 0.1) is 6.92 Å². The molecular weight excluding hydrogens is 302 g/mol. The summed E-state index contributed by atoms with van der Waals surface area (Å²) in [5.74, 6) is 0.0752. The van der Waals surface area contributed by atoms with Gasteiger partial charge < -0.3 is 10.1 Å². The molecule has 0 aliphatic carbocycles. The van der Waals surface area contributed by atoms with Crippen molar-refractivity contribution >= 4 is 29.1 Å². The van der Waals surface area contributed by atoms with Gasteiger partial charge in [0.15, 0.2) is 11.7 Å². The molecule has 0 aliphatic rings. The summed E-state index contributed by atoms with van der Waals surface area (Å²) < 4.78 is 5.38. The monoisotopic (exact) mass is 323 g/mol. The van der Waals surface area contributed by atoms with Gasteiger partial charge in [0, 0.05) is 6.42 Å². The molecule has 0 aromatic heterocycles. The number of para-hydroxylation sites is 1. The van der Waals surface area contributed by atoms with E-state index < -0.39 is 5.91 Å². The zero-order valence-electron chi connectivity index (χ0n) is 12.8. The van der Waals surface area contributed by atoms with Crippen LogP contribution in [0.15, 0.2) is 24.3 Å². The molecule has 0 bridgehead atoms. The van der Waals surface area contributed by atoms with Crippen molar-refractivity contribution in [2.24, 2.45) is 0 Å². The molecule has 0 fully saturated rings. The van der Waals surface area contributed by atoms with Gasteiger partial charge in [0.1, 0.15) is 5.75 Å². The lowest BCUT2D eigenvalue weighted by molar-refractivity contribution is -0.124. The van der Waals surface area contributed by atoms with Gasteiger partial charge in [-0.15, -0.1) is 0 Å². The van der Waals surface area contributed by atoms with E-state index in [0.717, 1.165) is 18.4 Å². The molecule has 7 heteroatoms. The second-order valence-corrected chi connectivity index (χ2v) is 5.12. The van der Waals surface area contributed by atoms with Crippen molar-refractivity contribution in [3.05, 3.63) is 29.8 Å². The van der Waals surface area contributed by atoms with E-state index in [2.05, 4.69) is 16.2 Å². The molecule has 2 amide bonds. The van der Waals surface area contributed by atoms with Gasteiger partial charge in [-0.1, -0.05) is 31.5 Å². The number of thiocarbonyl (C=S) groups is 1. The minimum absolute atomic E-state index is 0.0605. The topological polar surface area (TPSA) is 79.5 Å². The Bertz CT molecular complexity index is 535. The van der Waals surface area contributed by atoms with E-state index >= 15 is 0 Å². The molecule has 1 aromatic carbocycles. The minimum Gasteiger partial charge on any atom is -0.483 e. The van der Waals surface area contributed by atoms with Gasteiger partial charge in [-0.3, -0.25) is 20.4 Å². The van der Waals surface area contributed by atoms with Gasteiger partial charge in [0.05, 0.1) is 0 Å². The van der Waals surface area contributed by atoms with Gasteiger partial charge in [0.25, 0.3) is 5.91 Å². The summed E-state index contributed by atoms with van der Waals surface area (Å²) in [6, 6.07) is 7.41. The number of rotatable bonds is 6. The SMILES string of the molecule is CCCCC(=O)NC(=S)NNC(=O)COc1ccccc1C. The third-order valence-electron chi connectivity index (χ3n) is 2.78. The number of hydrogen-bond donors (Lipinski definition) is 3. The second-order valence-electron chi connectivity index (χ2n) is 4.71. The number of carbonyl (C=O) groups excluding carboxylic acids is 2. The highest BCUT2D eigenvalue weighted by Gasteiger charge is 2.07. The molecule has 0 unspecified atom stereocenters. The number of unbranched alkanes of at least 4 members (excludes halogenated alkanes) is 1. The van der Waals surface area contributed by atoms with Crippen molar-refractivity contribution < 1.29 is 14.3 Å². The summed E-state index contributed by atoms with van der Waals surface area (Å²) in [6.07, 6.45) is 2.13. The van der Waals surface area contributed by atoms with Gasteiger partial charge >= 0.3 is 0 Å². The van der Waals surface area contributed by atoms with Crippen LogP contribution in [0.2, 0.25) is 0 Å². The van der Waals surface area contributed by atoms with E-state index in [4.69, 9.17) is 17.0 Å².